The third kappa shape index (κ3) is 6.88. The number of aromatic nitrogens is 3. The molecule has 2 heterocycles. The highest BCUT2D eigenvalue weighted by Gasteiger charge is 2.16. The van der Waals surface area contributed by atoms with E-state index in [1.165, 1.54) is 12.3 Å². The van der Waals surface area contributed by atoms with E-state index in [1.54, 1.807) is 38.1 Å². The average molecular weight is 440 g/mol. The molecule has 1 amide bonds. The lowest BCUT2D eigenvalue weighted by atomic mass is 10.1. The first kappa shape index (κ1) is 22.9. The number of nitrogens with one attached hydrogen (secondary N) is 3. The van der Waals surface area contributed by atoms with Crippen molar-refractivity contribution in [2.75, 3.05) is 17.2 Å². The SMILES string of the molecule is C=CC(=O)NC1=CC=CC(Nc2nc(Nc3ccc(OCC(C)(C)O)nc3)ncc2F)C1. The fourth-order valence-corrected chi connectivity index (χ4v) is 2.70. The Hall–Kier alpha value is -3.79. The van der Waals surface area contributed by atoms with Crippen LogP contribution in [0.4, 0.5) is 21.8 Å². The van der Waals surface area contributed by atoms with Crippen LogP contribution in [0.1, 0.15) is 20.3 Å². The van der Waals surface area contributed by atoms with Crippen molar-refractivity contribution >= 4 is 23.4 Å². The quantitative estimate of drug-likeness (QED) is 0.439. The molecule has 2 aromatic heterocycles. The number of anilines is 3. The monoisotopic (exact) mass is 440 g/mol. The molecule has 0 aliphatic heterocycles. The molecule has 0 bridgehead atoms. The van der Waals surface area contributed by atoms with Gasteiger partial charge in [-0.05, 0) is 32.1 Å². The molecule has 1 atom stereocenters. The molecule has 1 aliphatic carbocycles. The van der Waals surface area contributed by atoms with Crippen LogP contribution in [-0.2, 0) is 4.79 Å². The van der Waals surface area contributed by atoms with E-state index in [9.17, 15) is 14.3 Å². The summed E-state index contributed by atoms with van der Waals surface area (Å²) in [6.07, 6.45) is 9.59. The van der Waals surface area contributed by atoms with Crippen LogP contribution in [0.15, 0.2) is 61.1 Å². The highest BCUT2D eigenvalue weighted by molar-refractivity contribution is 5.88. The van der Waals surface area contributed by atoms with Gasteiger partial charge in [0.1, 0.15) is 6.61 Å². The van der Waals surface area contributed by atoms with Crippen LogP contribution < -0.4 is 20.7 Å². The van der Waals surface area contributed by atoms with Gasteiger partial charge in [-0.25, -0.2) is 14.4 Å². The van der Waals surface area contributed by atoms with Crippen LogP contribution in [0.3, 0.4) is 0 Å². The number of hydrogen-bond donors (Lipinski definition) is 4. The van der Waals surface area contributed by atoms with Gasteiger partial charge in [0.15, 0.2) is 11.6 Å². The van der Waals surface area contributed by atoms with E-state index in [1.807, 2.05) is 6.08 Å². The van der Waals surface area contributed by atoms with Crippen molar-refractivity contribution in [3.05, 3.63) is 66.9 Å². The minimum Gasteiger partial charge on any atom is -0.475 e. The molecule has 168 valence electrons. The highest BCUT2D eigenvalue weighted by atomic mass is 19.1. The molecule has 4 N–H and O–H groups in total. The minimum absolute atomic E-state index is 0.0199. The van der Waals surface area contributed by atoms with Gasteiger partial charge in [0.05, 0.1) is 29.7 Å². The summed E-state index contributed by atoms with van der Waals surface area (Å²) in [6.45, 7) is 6.80. The first-order valence-electron chi connectivity index (χ1n) is 9.90. The van der Waals surface area contributed by atoms with Crippen molar-refractivity contribution in [1.29, 1.82) is 0 Å². The highest BCUT2D eigenvalue weighted by Crippen LogP contribution is 2.21. The number of allylic oxidation sites excluding steroid dienone is 2. The number of ether oxygens (including phenoxy) is 1. The zero-order valence-electron chi connectivity index (χ0n) is 17.8. The van der Waals surface area contributed by atoms with Crippen LogP contribution in [0, 0.1) is 5.82 Å². The van der Waals surface area contributed by atoms with Gasteiger partial charge in [-0.1, -0.05) is 18.7 Å². The van der Waals surface area contributed by atoms with E-state index >= 15 is 0 Å². The fraction of sp³-hybridized carbons (Fsp3) is 0.273. The summed E-state index contributed by atoms with van der Waals surface area (Å²) in [5, 5.41) is 18.4. The molecular formula is C22H25FN6O3. The average Bonchev–Trinajstić information content (AvgIpc) is 2.75. The Bertz CT molecular complexity index is 1030. The predicted octanol–water partition coefficient (Wildman–Crippen LogP) is 2.83. The van der Waals surface area contributed by atoms with Gasteiger partial charge in [0, 0.05) is 18.2 Å². The van der Waals surface area contributed by atoms with Crippen molar-refractivity contribution in [3.8, 4) is 5.88 Å². The summed E-state index contributed by atoms with van der Waals surface area (Å²) < 4.78 is 19.7. The molecule has 0 fully saturated rings. The van der Waals surface area contributed by atoms with E-state index in [4.69, 9.17) is 4.74 Å². The summed E-state index contributed by atoms with van der Waals surface area (Å²) in [6, 6.07) is 3.07. The lowest BCUT2D eigenvalue weighted by Gasteiger charge is -2.21. The first-order chi connectivity index (χ1) is 15.2. The van der Waals surface area contributed by atoms with Gasteiger partial charge < -0.3 is 25.8 Å². The van der Waals surface area contributed by atoms with Crippen LogP contribution >= 0.6 is 0 Å². The summed E-state index contributed by atoms with van der Waals surface area (Å²) in [5.41, 5.74) is 0.291. The molecule has 9 nitrogen and oxygen atoms in total. The van der Waals surface area contributed by atoms with Crippen LogP contribution in [0.5, 0.6) is 5.88 Å². The number of pyridine rings is 1. The molecule has 0 radical (unpaired) electrons. The fourth-order valence-electron chi connectivity index (χ4n) is 2.70. The van der Waals surface area contributed by atoms with Crippen LogP contribution in [0.25, 0.3) is 0 Å². The number of nitrogens with zero attached hydrogens (tertiary/aromatic N) is 3. The zero-order valence-corrected chi connectivity index (χ0v) is 17.8. The maximum atomic E-state index is 14.3. The standard InChI is InChI=1S/C22H25FN6O3/c1-4-18(30)26-14-6-5-7-15(10-14)27-20-17(23)12-25-21(29-20)28-16-8-9-19(24-11-16)32-13-22(2,3)31/h4-9,11-12,15,31H,1,10,13H2,2-3H3,(H,26,30)(H2,25,27,28,29). The topological polar surface area (TPSA) is 121 Å². The number of rotatable bonds is 9. The van der Waals surface area contributed by atoms with Crippen molar-refractivity contribution < 1.29 is 19.0 Å². The molecule has 1 unspecified atom stereocenters. The molecule has 10 heteroatoms. The van der Waals surface area contributed by atoms with Crippen LogP contribution in [-0.4, -0.2) is 44.2 Å². The van der Waals surface area contributed by atoms with Gasteiger partial charge in [0.25, 0.3) is 0 Å². The van der Waals surface area contributed by atoms with Gasteiger partial charge in [-0.3, -0.25) is 4.79 Å². The second kappa shape index (κ2) is 10.0. The van der Waals surface area contributed by atoms with Crippen LogP contribution in [0.2, 0.25) is 0 Å². The summed E-state index contributed by atoms with van der Waals surface area (Å²) in [4.78, 5) is 23.8. The van der Waals surface area contributed by atoms with Crippen molar-refractivity contribution in [2.24, 2.45) is 0 Å². The molecule has 2 aromatic rings. The second-order valence-corrected chi connectivity index (χ2v) is 7.73. The maximum absolute atomic E-state index is 14.3. The van der Waals surface area contributed by atoms with Crippen molar-refractivity contribution in [3.63, 3.8) is 0 Å². The Balaban J connectivity index is 1.62. The number of halogens is 1. The van der Waals surface area contributed by atoms with Gasteiger partial charge in [-0.2, -0.15) is 4.98 Å². The summed E-state index contributed by atoms with van der Waals surface area (Å²) >= 11 is 0. The van der Waals surface area contributed by atoms with E-state index in [0.717, 1.165) is 6.20 Å². The molecule has 0 spiro atoms. The number of amides is 1. The minimum atomic E-state index is -0.967. The number of carbonyl (C=O) groups excluding carboxylic acids is 1. The third-order valence-corrected chi connectivity index (χ3v) is 4.18. The van der Waals surface area contributed by atoms with Gasteiger partial charge in [-0.15, -0.1) is 0 Å². The third-order valence-electron chi connectivity index (χ3n) is 4.18. The summed E-state index contributed by atoms with van der Waals surface area (Å²) in [7, 11) is 0. The molecule has 32 heavy (non-hydrogen) atoms. The molecule has 1 aliphatic rings. The van der Waals surface area contributed by atoms with E-state index in [-0.39, 0.29) is 30.3 Å². The Morgan fingerprint density at radius 1 is 1.38 bits per heavy atom. The lowest BCUT2D eigenvalue weighted by Crippen LogP contribution is -2.28. The van der Waals surface area contributed by atoms with Gasteiger partial charge in [0.2, 0.25) is 17.7 Å². The Morgan fingerprint density at radius 2 is 2.19 bits per heavy atom. The lowest BCUT2D eigenvalue weighted by molar-refractivity contribution is -0.115. The zero-order chi connectivity index (χ0) is 23.1. The molecule has 3 rings (SSSR count). The Kier molecular flexibility index (Phi) is 7.16. The van der Waals surface area contributed by atoms with E-state index in [0.29, 0.717) is 23.7 Å². The molecular weight excluding hydrogens is 415 g/mol. The number of aliphatic hydroxyl groups is 1. The van der Waals surface area contributed by atoms with Crippen molar-refractivity contribution in [1.82, 2.24) is 20.3 Å². The number of carbonyl (C=O) groups is 1. The predicted molar refractivity (Wildman–Crippen MR) is 119 cm³/mol. The van der Waals surface area contributed by atoms with E-state index in [2.05, 4.69) is 37.5 Å². The molecule has 0 saturated carbocycles. The largest absolute Gasteiger partial charge is 0.475 e. The van der Waals surface area contributed by atoms with Crippen molar-refractivity contribution in [2.45, 2.75) is 31.9 Å². The Labute approximate surface area is 185 Å². The normalized spacial score (nSPS) is 15.5. The molecule has 0 aromatic carbocycles. The Morgan fingerprint density at radius 3 is 2.88 bits per heavy atom. The smallest absolute Gasteiger partial charge is 0.247 e. The van der Waals surface area contributed by atoms with E-state index < -0.39 is 11.4 Å². The number of hydrogen-bond acceptors (Lipinski definition) is 8. The summed E-state index contributed by atoms with van der Waals surface area (Å²) in [5.74, 6) is -0.363. The second-order valence-electron chi connectivity index (χ2n) is 7.73. The first-order valence-corrected chi connectivity index (χ1v) is 9.90. The molecule has 0 saturated heterocycles. The maximum Gasteiger partial charge on any atom is 0.247 e. The van der Waals surface area contributed by atoms with Gasteiger partial charge >= 0.3 is 0 Å².